The number of urea groups is 1. The highest BCUT2D eigenvalue weighted by atomic mass is 16.6. The third-order valence-corrected chi connectivity index (χ3v) is 14.1. The Morgan fingerprint density at radius 3 is 2.23 bits per heavy atom. The number of carbonyl (C=O) groups excluding carboxylic acids is 6. The van der Waals surface area contributed by atoms with Crippen LogP contribution in [0.1, 0.15) is 90.6 Å². The SMILES string of the molecule is CC[C@H](C)[C@H](NC(=O)[C@H](C[C@H](O)[C@H](CC(C)C)NC(=O)[C@H](Cc1cnc[nH]1)N(C)C(=O)[C@H](Cc1ccccc1)NC(=O)[C@@H]1CCCN1C(=O)N[C@@H]1[C@@H](O)[C@@H](O)[C@@H](CO)O[C@@H]1O)C(C)C)C(=O)NCc1ccccn1. The molecule has 0 radical (unpaired) electrons. The molecule has 1 aromatic carbocycles. The quantitative estimate of drug-likeness (QED) is 0.0544. The number of H-pyrrole nitrogens is 1. The highest BCUT2D eigenvalue weighted by Crippen LogP contribution is 2.25. The number of ether oxygens (including phenoxy) is 1. The maximum absolute atomic E-state index is 14.9. The average Bonchev–Trinajstić information content (AvgIpc) is 4.11. The average molecular weight is 1040 g/mol. The van der Waals surface area contributed by atoms with Crippen LogP contribution in [0.4, 0.5) is 4.79 Å². The number of carbonyl (C=O) groups is 6. The molecule has 0 spiro atoms. The second-order valence-corrected chi connectivity index (χ2v) is 20.4. The third kappa shape index (κ3) is 16.0. The first-order valence-corrected chi connectivity index (χ1v) is 25.7. The topological polar surface area (TPSA) is 321 Å². The number of aliphatic hydroxyl groups is 5. The maximum atomic E-state index is 14.9. The molecule has 408 valence electrons. The molecule has 7 amide bonds. The molecule has 2 fully saturated rings. The molecule has 5 rings (SSSR count). The molecule has 2 aliphatic rings. The van der Waals surface area contributed by atoms with Crippen molar-refractivity contribution in [2.75, 3.05) is 20.2 Å². The number of aliphatic hydroxyl groups excluding tert-OH is 5. The van der Waals surface area contributed by atoms with Gasteiger partial charge in [0.1, 0.15) is 48.5 Å². The van der Waals surface area contributed by atoms with E-state index in [4.69, 9.17) is 4.74 Å². The first kappa shape index (κ1) is 58.8. The van der Waals surface area contributed by atoms with E-state index in [9.17, 15) is 54.3 Å². The van der Waals surface area contributed by atoms with Gasteiger partial charge < -0.3 is 71.6 Å². The molecule has 74 heavy (non-hydrogen) atoms. The maximum Gasteiger partial charge on any atom is 0.318 e. The van der Waals surface area contributed by atoms with E-state index in [1.807, 2.05) is 47.6 Å². The second-order valence-electron chi connectivity index (χ2n) is 20.4. The Kier molecular flexibility index (Phi) is 22.3. The van der Waals surface area contributed by atoms with Crippen LogP contribution in [-0.2, 0) is 48.1 Å². The number of benzene rings is 1. The molecule has 2 aromatic heterocycles. The second kappa shape index (κ2) is 28.0. The van der Waals surface area contributed by atoms with Crippen LogP contribution in [0.25, 0.3) is 0 Å². The summed E-state index contributed by atoms with van der Waals surface area (Å²) in [7, 11) is 1.44. The number of likely N-dealkylation sites (tertiary alicyclic amines) is 1. The molecule has 2 saturated heterocycles. The van der Waals surface area contributed by atoms with E-state index in [-0.39, 0.29) is 62.4 Å². The van der Waals surface area contributed by atoms with Crippen LogP contribution in [0.3, 0.4) is 0 Å². The molecular weight excluding hydrogens is 957 g/mol. The van der Waals surface area contributed by atoms with Crippen molar-refractivity contribution in [3.05, 3.63) is 84.2 Å². The minimum absolute atomic E-state index is 0.00803. The number of pyridine rings is 1. The summed E-state index contributed by atoms with van der Waals surface area (Å²) in [5.41, 5.74) is 1.85. The van der Waals surface area contributed by atoms with E-state index < -0.39 is 109 Å². The molecule has 13 atom stereocenters. The van der Waals surface area contributed by atoms with E-state index >= 15 is 0 Å². The van der Waals surface area contributed by atoms with Crippen LogP contribution in [0, 0.1) is 23.7 Å². The normalized spacial score (nSPS) is 22.6. The first-order valence-electron chi connectivity index (χ1n) is 25.7. The van der Waals surface area contributed by atoms with Crippen LogP contribution in [0.15, 0.2) is 67.3 Å². The fraction of sp³-hybridized carbons (Fsp3) is 0.615. The molecule has 4 heterocycles. The van der Waals surface area contributed by atoms with Crippen LogP contribution >= 0.6 is 0 Å². The molecule has 3 aromatic rings. The van der Waals surface area contributed by atoms with Crippen molar-refractivity contribution in [3.8, 4) is 0 Å². The Morgan fingerprint density at radius 1 is 0.892 bits per heavy atom. The van der Waals surface area contributed by atoms with Gasteiger partial charge in [-0.1, -0.05) is 84.4 Å². The lowest BCUT2D eigenvalue weighted by Gasteiger charge is -2.41. The summed E-state index contributed by atoms with van der Waals surface area (Å²) in [5, 5.41) is 67.2. The summed E-state index contributed by atoms with van der Waals surface area (Å²) >= 11 is 0. The standard InChI is InChI=1S/C52H78N10O12/c1-8-31(6)42(49(70)55-26-33-17-12-13-19-54-33)59-46(67)35(30(4)5)24-40(64)36(21-29(2)3)57-48(69)39(23-34-25-53-28-56-34)61(7)50(71)37(22-32-15-10-9-11-16-32)58-47(68)38-18-14-20-62(38)52(73)60-43-45(66)44(65)41(27-63)74-51(43)72/h9-13,15-17,19,25,28-31,35-45,51,63-66,72H,8,14,18,20-24,26-27H2,1-7H3,(H,53,56)(H,55,70)(H,57,69)(H,58,68)(H,59,67)(H,60,73)/t31-,35+,36-,37-,38-,39-,40-,41+,42-,43+,44-,45+,51-/m0/s1. The fourth-order valence-electron chi connectivity index (χ4n) is 9.45. The number of likely N-dealkylation sites (N-methyl/N-ethyl adjacent to an activating group) is 1. The number of nitrogens with one attached hydrogen (secondary N) is 6. The number of imidazole rings is 1. The zero-order valence-corrected chi connectivity index (χ0v) is 43.5. The smallest absolute Gasteiger partial charge is 0.318 e. The Balaban J connectivity index is 1.34. The van der Waals surface area contributed by atoms with Gasteiger partial charge in [0.05, 0.1) is 37.3 Å². The minimum atomic E-state index is -1.79. The number of hydrogen-bond donors (Lipinski definition) is 11. The van der Waals surface area contributed by atoms with Crippen LogP contribution in [-0.4, -0.2) is 173 Å². The molecule has 0 bridgehead atoms. The van der Waals surface area contributed by atoms with E-state index in [1.54, 1.807) is 48.7 Å². The van der Waals surface area contributed by atoms with Gasteiger partial charge in [0, 0.05) is 50.4 Å². The van der Waals surface area contributed by atoms with Gasteiger partial charge in [0.2, 0.25) is 29.5 Å². The van der Waals surface area contributed by atoms with Crippen molar-refractivity contribution in [2.45, 2.75) is 160 Å². The van der Waals surface area contributed by atoms with Crippen LogP contribution in [0.5, 0.6) is 0 Å². The van der Waals surface area contributed by atoms with Crippen molar-refractivity contribution in [2.24, 2.45) is 23.7 Å². The lowest BCUT2D eigenvalue weighted by atomic mass is 9.85. The van der Waals surface area contributed by atoms with E-state index in [1.165, 1.54) is 29.4 Å². The Labute approximate surface area is 432 Å². The number of aromatic nitrogens is 3. The van der Waals surface area contributed by atoms with Crippen LogP contribution < -0.4 is 26.6 Å². The Hall–Kier alpha value is -6.04. The summed E-state index contributed by atoms with van der Waals surface area (Å²) in [4.78, 5) is 99.0. The van der Waals surface area contributed by atoms with Crippen molar-refractivity contribution in [1.29, 1.82) is 0 Å². The molecule has 0 aliphatic carbocycles. The van der Waals surface area contributed by atoms with E-state index in [2.05, 4.69) is 41.5 Å². The van der Waals surface area contributed by atoms with Crippen molar-refractivity contribution < 1.29 is 59.0 Å². The van der Waals surface area contributed by atoms with E-state index in [0.717, 1.165) is 0 Å². The molecule has 22 nitrogen and oxygen atoms in total. The summed E-state index contributed by atoms with van der Waals surface area (Å²) in [5.74, 6) is -4.05. The van der Waals surface area contributed by atoms with Gasteiger partial charge >= 0.3 is 6.03 Å². The number of rotatable bonds is 25. The van der Waals surface area contributed by atoms with Gasteiger partial charge in [-0.3, -0.25) is 29.0 Å². The molecule has 0 unspecified atom stereocenters. The van der Waals surface area contributed by atoms with Crippen molar-refractivity contribution >= 4 is 35.6 Å². The molecule has 0 saturated carbocycles. The van der Waals surface area contributed by atoms with Gasteiger partial charge in [0.15, 0.2) is 6.29 Å². The summed E-state index contributed by atoms with van der Waals surface area (Å²) < 4.78 is 5.19. The largest absolute Gasteiger partial charge is 0.394 e. The number of aromatic amines is 1. The number of amides is 7. The minimum Gasteiger partial charge on any atom is -0.394 e. The number of nitrogens with zero attached hydrogens (tertiary/aromatic N) is 4. The highest BCUT2D eigenvalue weighted by Gasteiger charge is 2.46. The summed E-state index contributed by atoms with van der Waals surface area (Å²) in [6, 6.07) is 6.58. The first-order chi connectivity index (χ1) is 35.2. The summed E-state index contributed by atoms with van der Waals surface area (Å²) in [6.45, 7) is 10.9. The van der Waals surface area contributed by atoms with Gasteiger partial charge in [-0.05, 0) is 61.1 Å². The summed E-state index contributed by atoms with van der Waals surface area (Å²) in [6.07, 6.45) is -1.72. The Morgan fingerprint density at radius 2 is 1.61 bits per heavy atom. The monoisotopic (exact) mass is 1030 g/mol. The zero-order valence-electron chi connectivity index (χ0n) is 43.5. The third-order valence-electron chi connectivity index (χ3n) is 14.1. The van der Waals surface area contributed by atoms with Gasteiger partial charge in [-0.25, -0.2) is 9.78 Å². The Bertz CT molecular complexity index is 2260. The van der Waals surface area contributed by atoms with E-state index in [0.29, 0.717) is 36.2 Å². The molecule has 22 heteroatoms. The van der Waals surface area contributed by atoms with Gasteiger partial charge in [-0.2, -0.15) is 0 Å². The zero-order chi connectivity index (χ0) is 54.2. The van der Waals surface area contributed by atoms with Crippen molar-refractivity contribution in [1.82, 2.24) is 51.3 Å². The predicted molar refractivity (Wildman–Crippen MR) is 271 cm³/mol. The van der Waals surface area contributed by atoms with Gasteiger partial charge in [-0.15, -0.1) is 0 Å². The van der Waals surface area contributed by atoms with Crippen molar-refractivity contribution in [3.63, 3.8) is 0 Å². The highest BCUT2D eigenvalue weighted by molar-refractivity contribution is 5.95. The van der Waals surface area contributed by atoms with Crippen LogP contribution in [0.2, 0.25) is 0 Å². The fourth-order valence-corrected chi connectivity index (χ4v) is 9.45. The molecule has 11 N–H and O–H groups in total. The molecular formula is C52H78N10O12. The lowest BCUT2D eigenvalue weighted by molar-refractivity contribution is -0.252. The molecule has 2 aliphatic heterocycles. The number of hydrogen-bond acceptors (Lipinski definition) is 14. The predicted octanol–water partition coefficient (Wildman–Crippen LogP) is 0.277. The van der Waals surface area contributed by atoms with Gasteiger partial charge in [0.25, 0.3) is 0 Å². The lowest BCUT2D eigenvalue weighted by Crippen LogP contribution is -2.66.